The van der Waals surface area contributed by atoms with Crippen LogP contribution < -0.4 is 10.6 Å². The first-order valence-corrected chi connectivity index (χ1v) is 9.37. The van der Waals surface area contributed by atoms with E-state index in [0.717, 1.165) is 35.6 Å². The maximum Gasteiger partial charge on any atom is 0.191 e. The lowest BCUT2D eigenvalue weighted by atomic mass is 10.2. The molecule has 2 aromatic rings. The van der Waals surface area contributed by atoms with E-state index in [1.807, 2.05) is 47.6 Å². The molecule has 124 valence electrons. The molecule has 0 amide bonds. The quantitative estimate of drug-likeness (QED) is 0.645. The van der Waals surface area contributed by atoms with Gasteiger partial charge >= 0.3 is 0 Å². The van der Waals surface area contributed by atoms with Gasteiger partial charge in [-0.1, -0.05) is 6.07 Å². The van der Waals surface area contributed by atoms with E-state index < -0.39 is 0 Å². The van der Waals surface area contributed by atoms with Crippen molar-refractivity contribution in [3.63, 3.8) is 0 Å². The van der Waals surface area contributed by atoms with Crippen LogP contribution in [-0.2, 0) is 6.42 Å². The molecule has 2 aromatic heterocycles. The topological polar surface area (TPSA) is 66.6 Å². The number of guanidine groups is 1. The molecular weight excluding hydrogens is 308 g/mol. The van der Waals surface area contributed by atoms with E-state index in [-0.39, 0.29) is 0 Å². The summed E-state index contributed by atoms with van der Waals surface area (Å²) < 4.78 is 2.03. The second-order valence-electron chi connectivity index (χ2n) is 5.81. The third-order valence-corrected chi connectivity index (χ3v) is 5.40. The highest BCUT2D eigenvalue weighted by atomic mass is 32.2. The lowest BCUT2D eigenvalue weighted by Gasteiger charge is -2.17. The Balaban J connectivity index is 1.49. The molecule has 1 aliphatic carbocycles. The highest BCUT2D eigenvalue weighted by Crippen LogP contribution is 2.27. The van der Waals surface area contributed by atoms with Gasteiger partial charge in [0.1, 0.15) is 5.82 Å². The van der Waals surface area contributed by atoms with E-state index in [9.17, 15) is 0 Å². The van der Waals surface area contributed by atoms with Crippen LogP contribution in [0, 0.1) is 0 Å². The number of hydrogen-bond donors (Lipinski definition) is 2. The SMILES string of the molecule is CN=C(NCCc1nnc2ccccn12)NC1CCC(SC)C1. The van der Waals surface area contributed by atoms with Crippen LogP contribution in [0.5, 0.6) is 0 Å². The van der Waals surface area contributed by atoms with Crippen LogP contribution in [0.2, 0.25) is 0 Å². The highest BCUT2D eigenvalue weighted by molar-refractivity contribution is 7.99. The number of pyridine rings is 1. The maximum atomic E-state index is 4.33. The normalized spacial score (nSPS) is 21.7. The number of nitrogens with zero attached hydrogens (tertiary/aromatic N) is 4. The molecule has 1 fully saturated rings. The molecule has 0 spiro atoms. The molecule has 1 saturated carbocycles. The fourth-order valence-electron chi connectivity index (χ4n) is 3.03. The van der Waals surface area contributed by atoms with Gasteiger partial charge in [-0.3, -0.25) is 9.39 Å². The zero-order valence-corrected chi connectivity index (χ0v) is 14.5. The number of fused-ring (bicyclic) bond motifs is 1. The van der Waals surface area contributed by atoms with Gasteiger partial charge in [-0.05, 0) is 37.7 Å². The zero-order valence-electron chi connectivity index (χ0n) is 13.7. The number of thioether (sulfide) groups is 1. The second-order valence-corrected chi connectivity index (χ2v) is 6.94. The summed E-state index contributed by atoms with van der Waals surface area (Å²) in [5.74, 6) is 1.84. The van der Waals surface area contributed by atoms with Gasteiger partial charge in [-0.25, -0.2) is 0 Å². The van der Waals surface area contributed by atoms with Crippen LogP contribution in [-0.4, -0.2) is 51.7 Å². The third kappa shape index (κ3) is 3.96. The molecule has 0 aromatic carbocycles. The van der Waals surface area contributed by atoms with Crippen molar-refractivity contribution >= 4 is 23.4 Å². The Hall–Kier alpha value is -1.76. The van der Waals surface area contributed by atoms with Gasteiger partial charge in [-0.15, -0.1) is 10.2 Å². The van der Waals surface area contributed by atoms with Gasteiger partial charge in [-0.2, -0.15) is 11.8 Å². The van der Waals surface area contributed by atoms with Crippen molar-refractivity contribution in [1.82, 2.24) is 25.2 Å². The Bertz CT molecular complexity index is 667. The number of rotatable bonds is 5. The lowest BCUT2D eigenvalue weighted by molar-refractivity contribution is 0.613. The molecule has 0 bridgehead atoms. The summed E-state index contributed by atoms with van der Waals surface area (Å²) in [7, 11) is 1.82. The Labute approximate surface area is 141 Å². The van der Waals surface area contributed by atoms with Crippen molar-refractivity contribution < 1.29 is 0 Å². The number of hydrogen-bond acceptors (Lipinski definition) is 4. The fourth-order valence-corrected chi connectivity index (χ4v) is 3.82. The molecule has 2 unspecified atom stereocenters. The summed E-state index contributed by atoms with van der Waals surface area (Å²) in [5.41, 5.74) is 0.888. The molecule has 0 aliphatic heterocycles. The first-order valence-electron chi connectivity index (χ1n) is 8.08. The van der Waals surface area contributed by atoms with Crippen LogP contribution in [0.3, 0.4) is 0 Å². The Morgan fingerprint density at radius 3 is 3.09 bits per heavy atom. The minimum absolute atomic E-state index is 0.535. The lowest BCUT2D eigenvalue weighted by Crippen LogP contribution is -2.43. The summed E-state index contributed by atoms with van der Waals surface area (Å²) in [6.45, 7) is 0.786. The van der Waals surface area contributed by atoms with E-state index >= 15 is 0 Å². The van der Waals surface area contributed by atoms with E-state index in [1.165, 1.54) is 19.3 Å². The summed E-state index contributed by atoms with van der Waals surface area (Å²) in [6, 6.07) is 6.47. The molecule has 0 saturated heterocycles. The standard InChI is InChI=1S/C16H24N6S/c1-17-16(19-12-6-7-13(11-12)23-2)18-9-8-15-21-20-14-5-3-4-10-22(14)15/h3-5,10,12-13H,6-9,11H2,1-2H3,(H2,17,18,19). The van der Waals surface area contributed by atoms with E-state index in [4.69, 9.17) is 0 Å². The molecule has 1 aliphatic rings. The number of aliphatic imine (C=N–C) groups is 1. The zero-order chi connectivity index (χ0) is 16.1. The maximum absolute atomic E-state index is 4.33. The molecule has 2 atom stereocenters. The Kier molecular flexibility index (Phi) is 5.38. The van der Waals surface area contributed by atoms with Crippen molar-refractivity contribution in [2.45, 2.75) is 37.0 Å². The first kappa shape index (κ1) is 16.1. The molecule has 23 heavy (non-hydrogen) atoms. The van der Waals surface area contributed by atoms with Gasteiger partial charge in [0.2, 0.25) is 0 Å². The van der Waals surface area contributed by atoms with Gasteiger partial charge in [0.05, 0.1) is 0 Å². The molecule has 7 heteroatoms. The molecular formula is C16H24N6S. The van der Waals surface area contributed by atoms with Crippen LogP contribution in [0.4, 0.5) is 0 Å². The molecule has 0 radical (unpaired) electrons. The van der Waals surface area contributed by atoms with Crippen LogP contribution in [0.15, 0.2) is 29.4 Å². The van der Waals surface area contributed by atoms with Crippen molar-refractivity contribution in [2.75, 3.05) is 19.8 Å². The minimum Gasteiger partial charge on any atom is -0.356 e. The summed E-state index contributed by atoms with van der Waals surface area (Å²) in [6.07, 6.45) is 8.74. The predicted molar refractivity (Wildman–Crippen MR) is 96.1 cm³/mol. The van der Waals surface area contributed by atoms with Crippen molar-refractivity contribution in [2.24, 2.45) is 4.99 Å². The second kappa shape index (κ2) is 7.68. The van der Waals surface area contributed by atoms with Gasteiger partial charge in [0, 0.05) is 37.5 Å². The molecule has 2 N–H and O–H groups in total. The van der Waals surface area contributed by atoms with Gasteiger partial charge < -0.3 is 10.6 Å². The molecule has 2 heterocycles. The fraction of sp³-hybridized carbons (Fsp3) is 0.562. The van der Waals surface area contributed by atoms with Crippen molar-refractivity contribution in [3.05, 3.63) is 30.2 Å². The van der Waals surface area contributed by atoms with E-state index in [0.29, 0.717) is 6.04 Å². The largest absolute Gasteiger partial charge is 0.356 e. The van der Waals surface area contributed by atoms with Gasteiger partial charge in [0.15, 0.2) is 11.6 Å². The highest BCUT2D eigenvalue weighted by Gasteiger charge is 2.24. The third-order valence-electron chi connectivity index (χ3n) is 4.31. The monoisotopic (exact) mass is 332 g/mol. The average Bonchev–Trinajstić information content (AvgIpc) is 3.21. The minimum atomic E-state index is 0.535. The Morgan fingerprint density at radius 1 is 1.39 bits per heavy atom. The van der Waals surface area contributed by atoms with E-state index in [1.54, 1.807) is 0 Å². The van der Waals surface area contributed by atoms with Gasteiger partial charge in [0.25, 0.3) is 0 Å². The summed E-state index contributed by atoms with van der Waals surface area (Å²) in [4.78, 5) is 4.33. The number of nitrogens with one attached hydrogen (secondary N) is 2. The van der Waals surface area contributed by atoms with Crippen molar-refractivity contribution in [3.8, 4) is 0 Å². The van der Waals surface area contributed by atoms with Crippen LogP contribution >= 0.6 is 11.8 Å². The average molecular weight is 332 g/mol. The van der Waals surface area contributed by atoms with Crippen molar-refractivity contribution in [1.29, 1.82) is 0 Å². The predicted octanol–water partition coefficient (Wildman–Crippen LogP) is 1.72. The number of aromatic nitrogens is 3. The van der Waals surface area contributed by atoms with Crippen LogP contribution in [0.1, 0.15) is 25.1 Å². The molecule has 3 rings (SSSR count). The summed E-state index contributed by atoms with van der Waals surface area (Å²) >= 11 is 1.97. The Morgan fingerprint density at radius 2 is 2.30 bits per heavy atom. The summed E-state index contributed by atoms with van der Waals surface area (Å²) in [5, 5.41) is 16.1. The van der Waals surface area contributed by atoms with E-state index in [2.05, 4.69) is 32.1 Å². The first-order chi connectivity index (χ1) is 11.3. The van der Waals surface area contributed by atoms with Crippen LogP contribution in [0.25, 0.3) is 5.65 Å². The molecule has 6 nitrogen and oxygen atoms in total. The smallest absolute Gasteiger partial charge is 0.191 e.